The Bertz CT molecular complexity index is 457. The van der Waals surface area contributed by atoms with Crippen molar-refractivity contribution in [2.45, 2.75) is 0 Å². The summed E-state index contributed by atoms with van der Waals surface area (Å²) in [5.41, 5.74) is 5.35. The average Bonchev–Trinajstić information content (AvgIpc) is 2.53. The molecule has 2 rings (SSSR count). The van der Waals surface area contributed by atoms with Crippen molar-refractivity contribution in [2.75, 3.05) is 5.73 Å². The van der Waals surface area contributed by atoms with Crippen molar-refractivity contribution >= 4 is 5.82 Å². The third-order valence-electron chi connectivity index (χ3n) is 1.63. The number of aromatic amines is 1. The van der Waals surface area contributed by atoms with Gasteiger partial charge in [0.1, 0.15) is 18.0 Å². The Balaban J connectivity index is 2.59. The second-order valence-corrected chi connectivity index (χ2v) is 2.63. The largest absolute Gasteiger partial charge is 0.385 e. The Morgan fingerprint density at radius 1 is 1.46 bits per heavy atom. The number of nitrogen functional groups attached to an aromatic ring is 1. The van der Waals surface area contributed by atoms with Gasteiger partial charge in [-0.15, -0.1) is 0 Å². The van der Waals surface area contributed by atoms with Crippen molar-refractivity contribution in [3.63, 3.8) is 0 Å². The molecule has 0 bridgehead atoms. The molecule has 2 aromatic rings. The Morgan fingerprint density at radius 2 is 2.31 bits per heavy atom. The fourth-order valence-corrected chi connectivity index (χ4v) is 1.09. The van der Waals surface area contributed by atoms with E-state index in [1.807, 2.05) is 0 Å². The molecular formula is C8H8N4O. The number of nitrogens with one attached hydrogen (secondary N) is 1. The Morgan fingerprint density at radius 3 is 2.92 bits per heavy atom. The summed E-state index contributed by atoms with van der Waals surface area (Å²) in [4.78, 5) is 17.8. The van der Waals surface area contributed by atoms with E-state index < -0.39 is 0 Å². The van der Waals surface area contributed by atoms with Crippen LogP contribution in [0.25, 0.3) is 5.82 Å². The van der Waals surface area contributed by atoms with Gasteiger partial charge in [-0.2, -0.15) is 0 Å². The Kier molecular flexibility index (Phi) is 1.63. The lowest BCUT2D eigenvalue weighted by Gasteiger charge is -2.01. The van der Waals surface area contributed by atoms with Crippen LogP contribution in [0, 0.1) is 0 Å². The molecule has 0 spiro atoms. The first-order chi connectivity index (χ1) is 6.25. The van der Waals surface area contributed by atoms with Crippen molar-refractivity contribution < 1.29 is 0 Å². The van der Waals surface area contributed by atoms with Crippen molar-refractivity contribution in [3.05, 3.63) is 41.1 Å². The first kappa shape index (κ1) is 7.60. The maximum atomic E-state index is 11.1. The second-order valence-electron chi connectivity index (χ2n) is 2.63. The van der Waals surface area contributed by atoms with Gasteiger partial charge in [-0.05, 0) is 0 Å². The minimum Gasteiger partial charge on any atom is -0.385 e. The summed E-state index contributed by atoms with van der Waals surface area (Å²) in [6, 6.07) is 2.79. The predicted octanol–water partition coefficient (Wildman–Crippen LogP) is 0.143. The average molecular weight is 176 g/mol. The number of nitrogens with zero attached hydrogens (tertiary/aromatic N) is 2. The molecule has 66 valence electrons. The van der Waals surface area contributed by atoms with Gasteiger partial charge in [-0.1, -0.05) is 0 Å². The second kappa shape index (κ2) is 2.78. The van der Waals surface area contributed by atoms with E-state index in [2.05, 4.69) is 9.97 Å². The van der Waals surface area contributed by atoms with Crippen LogP contribution in [0.4, 0.5) is 5.82 Å². The zero-order valence-corrected chi connectivity index (χ0v) is 6.77. The number of aromatic nitrogens is 3. The third-order valence-corrected chi connectivity index (χ3v) is 1.63. The summed E-state index contributed by atoms with van der Waals surface area (Å²) in [7, 11) is 0. The van der Waals surface area contributed by atoms with E-state index >= 15 is 0 Å². The molecule has 0 atom stereocenters. The monoisotopic (exact) mass is 176 g/mol. The van der Waals surface area contributed by atoms with E-state index in [-0.39, 0.29) is 5.43 Å². The zero-order chi connectivity index (χ0) is 9.26. The minimum atomic E-state index is -0.125. The summed E-state index contributed by atoms with van der Waals surface area (Å²) in [5.74, 6) is 0.957. The molecule has 13 heavy (non-hydrogen) atoms. The molecule has 0 saturated carbocycles. The molecule has 0 unspecified atom stereocenters. The highest BCUT2D eigenvalue weighted by atomic mass is 16.1. The highest BCUT2D eigenvalue weighted by molar-refractivity contribution is 5.35. The molecule has 0 aromatic carbocycles. The smallest absolute Gasteiger partial charge is 0.185 e. The van der Waals surface area contributed by atoms with E-state index in [0.717, 1.165) is 0 Å². The van der Waals surface area contributed by atoms with E-state index in [1.54, 1.807) is 23.3 Å². The SMILES string of the molecule is Nc1cc(=O)cc(-n2ccnc2)[nH]1. The summed E-state index contributed by atoms with van der Waals surface area (Å²) in [6.07, 6.45) is 4.94. The van der Waals surface area contributed by atoms with Crippen LogP contribution in [0.5, 0.6) is 0 Å². The van der Waals surface area contributed by atoms with Crippen LogP contribution in [0.2, 0.25) is 0 Å². The van der Waals surface area contributed by atoms with Gasteiger partial charge in [0.25, 0.3) is 0 Å². The number of pyridine rings is 1. The van der Waals surface area contributed by atoms with Gasteiger partial charge in [0.15, 0.2) is 5.43 Å². The fraction of sp³-hybridized carbons (Fsp3) is 0. The molecule has 3 N–H and O–H groups in total. The quantitative estimate of drug-likeness (QED) is 0.649. The minimum absolute atomic E-state index is 0.125. The number of anilines is 1. The van der Waals surface area contributed by atoms with Crippen LogP contribution in [-0.4, -0.2) is 14.5 Å². The third kappa shape index (κ3) is 1.44. The molecule has 0 aliphatic carbocycles. The van der Waals surface area contributed by atoms with Crippen molar-refractivity contribution in [1.82, 2.24) is 14.5 Å². The number of rotatable bonds is 1. The number of hydrogen-bond donors (Lipinski definition) is 2. The fourth-order valence-electron chi connectivity index (χ4n) is 1.09. The van der Waals surface area contributed by atoms with Gasteiger partial charge < -0.3 is 10.7 Å². The molecule has 0 radical (unpaired) electrons. The maximum absolute atomic E-state index is 11.1. The molecule has 0 saturated heterocycles. The van der Waals surface area contributed by atoms with E-state index in [4.69, 9.17) is 5.73 Å². The normalized spacial score (nSPS) is 10.2. The van der Waals surface area contributed by atoms with Crippen molar-refractivity contribution in [3.8, 4) is 5.82 Å². The van der Waals surface area contributed by atoms with Crippen LogP contribution < -0.4 is 11.2 Å². The molecule has 0 aliphatic heterocycles. The van der Waals surface area contributed by atoms with Crippen LogP contribution in [-0.2, 0) is 0 Å². The molecule has 0 fully saturated rings. The van der Waals surface area contributed by atoms with Gasteiger partial charge in [0, 0.05) is 24.5 Å². The first-order valence-electron chi connectivity index (χ1n) is 3.74. The van der Waals surface area contributed by atoms with E-state index in [0.29, 0.717) is 11.6 Å². The van der Waals surface area contributed by atoms with Gasteiger partial charge in [-0.3, -0.25) is 9.36 Å². The van der Waals surface area contributed by atoms with Gasteiger partial charge in [-0.25, -0.2) is 4.98 Å². The Labute approximate surface area is 73.8 Å². The number of hydrogen-bond acceptors (Lipinski definition) is 3. The lowest BCUT2D eigenvalue weighted by molar-refractivity contribution is 0.993. The van der Waals surface area contributed by atoms with E-state index in [1.165, 1.54) is 12.1 Å². The van der Waals surface area contributed by atoms with Gasteiger partial charge in [0.2, 0.25) is 0 Å². The van der Waals surface area contributed by atoms with Crippen LogP contribution >= 0.6 is 0 Å². The van der Waals surface area contributed by atoms with Crippen LogP contribution in [0.3, 0.4) is 0 Å². The van der Waals surface area contributed by atoms with Gasteiger partial charge >= 0.3 is 0 Å². The molecule has 0 amide bonds. The van der Waals surface area contributed by atoms with Crippen molar-refractivity contribution in [2.24, 2.45) is 0 Å². The van der Waals surface area contributed by atoms with Crippen LogP contribution in [0.1, 0.15) is 0 Å². The summed E-state index contributed by atoms with van der Waals surface area (Å²) in [6.45, 7) is 0. The molecule has 2 heterocycles. The Hall–Kier alpha value is -2.04. The van der Waals surface area contributed by atoms with E-state index in [9.17, 15) is 4.79 Å². The molecule has 0 aliphatic rings. The standard InChI is InChI=1S/C8H8N4O/c9-7-3-6(13)4-8(11-7)12-2-1-10-5-12/h1-5H,(H3,9,11,13). The summed E-state index contributed by atoms with van der Waals surface area (Å²) < 4.78 is 1.68. The van der Waals surface area contributed by atoms with Gasteiger partial charge in [0.05, 0.1) is 0 Å². The number of H-pyrrole nitrogens is 1. The molecule has 2 aromatic heterocycles. The summed E-state index contributed by atoms with van der Waals surface area (Å²) >= 11 is 0. The topological polar surface area (TPSA) is 76.7 Å². The first-order valence-corrected chi connectivity index (χ1v) is 3.74. The number of nitrogens with two attached hydrogens (primary N) is 1. The lowest BCUT2D eigenvalue weighted by atomic mass is 10.4. The number of imidazole rings is 1. The highest BCUT2D eigenvalue weighted by Crippen LogP contribution is 2.01. The lowest BCUT2D eigenvalue weighted by Crippen LogP contribution is -2.07. The molecule has 5 nitrogen and oxygen atoms in total. The van der Waals surface area contributed by atoms with Crippen LogP contribution in [0.15, 0.2) is 35.6 Å². The summed E-state index contributed by atoms with van der Waals surface area (Å²) in [5, 5.41) is 0. The van der Waals surface area contributed by atoms with Crippen molar-refractivity contribution in [1.29, 1.82) is 0 Å². The highest BCUT2D eigenvalue weighted by Gasteiger charge is 1.97. The molecular weight excluding hydrogens is 168 g/mol. The molecule has 5 heteroatoms. The zero-order valence-electron chi connectivity index (χ0n) is 6.77. The predicted molar refractivity (Wildman–Crippen MR) is 48.6 cm³/mol. The maximum Gasteiger partial charge on any atom is 0.185 e.